The van der Waals surface area contributed by atoms with Crippen molar-refractivity contribution in [3.8, 4) is 0 Å². The van der Waals surface area contributed by atoms with E-state index in [1.54, 1.807) is 20.8 Å². The second kappa shape index (κ2) is 9.27. The van der Waals surface area contributed by atoms with Crippen LogP contribution in [0.1, 0.15) is 5.56 Å². The Balaban J connectivity index is 1.84. The highest BCUT2D eigenvalue weighted by atomic mass is 32.2. The van der Waals surface area contributed by atoms with Crippen LogP contribution in [0.15, 0.2) is 35.2 Å². The number of piperazine rings is 1. The summed E-state index contributed by atoms with van der Waals surface area (Å²) in [5.74, 6) is -0.136. The highest BCUT2D eigenvalue weighted by molar-refractivity contribution is 8.00. The Hall–Kier alpha value is -2.00. The van der Waals surface area contributed by atoms with Crippen molar-refractivity contribution in [1.29, 1.82) is 0 Å². The summed E-state index contributed by atoms with van der Waals surface area (Å²) in [7, 11) is 3.66. The van der Waals surface area contributed by atoms with Crippen molar-refractivity contribution in [2.45, 2.75) is 10.4 Å². The average molecular weight is 401 g/mol. The minimum Gasteiger partial charge on any atom is -0.338 e. The number of amides is 2. The lowest BCUT2D eigenvalue weighted by Crippen LogP contribution is -2.51. The van der Waals surface area contributed by atoms with Crippen LogP contribution in [0.4, 0.5) is 13.2 Å². The van der Waals surface area contributed by atoms with Crippen LogP contribution in [0, 0.1) is 0 Å². The van der Waals surface area contributed by atoms with Crippen molar-refractivity contribution in [3.05, 3.63) is 35.9 Å². The molecule has 0 aromatic heterocycles. The van der Waals surface area contributed by atoms with E-state index in [9.17, 15) is 22.8 Å². The Morgan fingerprint density at radius 3 is 2.15 bits per heavy atom. The van der Waals surface area contributed by atoms with Crippen LogP contribution >= 0.6 is 11.8 Å². The summed E-state index contributed by atoms with van der Waals surface area (Å²) in [5.41, 5.74) is -3.67. The number of carbonyl (C=O) groups is 2. The summed E-state index contributed by atoms with van der Waals surface area (Å²) in [5, 5.41) is 0. The first-order valence-electron chi connectivity index (χ1n) is 8.39. The van der Waals surface area contributed by atoms with Crippen molar-refractivity contribution in [3.63, 3.8) is 0 Å². The lowest BCUT2D eigenvalue weighted by Gasteiger charge is -2.34. The molecule has 1 aromatic carbocycles. The molecule has 1 saturated heterocycles. The summed E-state index contributed by atoms with van der Waals surface area (Å²) in [6, 6.07) is 5.82. The van der Waals surface area contributed by atoms with Crippen LogP contribution in [0.2, 0.25) is 0 Å². The summed E-state index contributed by atoms with van der Waals surface area (Å²) >= 11 is -0.172. The quantitative estimate of drug-likeness (QED) is 0.562. The average Bonchev–Trinajstić information content (AvgIpc) is 2.59. The SMILES string of the molecule is CN(C)CC(=O)N1CCN(C(=O)/C=C/c2ccc(SC(F)(F)F)cc2)CC1. The van der Waals surface area contributed by atoms with Crippen molar-refractivity contribution in [2.24, 2.45) is 0 Å². The first-order valence-corrected chi connectivity index (χ1v) is 9.21. The van der Waals surface area contributed by atoms with Gasteiger partial charge in [-0.1, -0.05) is 12.1 Å². The van der Waals surface area contributed by atoms with Crippen LogP contribution in [0.5, 0.6) is 0 Å². The molecule has 0 aliphatic carbocycles. The van der Waals surface area contributed by atoms with Gasteiger partial charge in [-0.25, -0.2) is 0 Å². The maximum atomic E-state index is 12.3. The Kier molecular flexibility index (Phi) is 7.32. The lowest BCUT2D eigenvalue weighted by atomic mass is 10.2. The third-order valence-electron chi connectivity index (χ3n) is 3.93. The molecule has 1 aromatic rings. The predicted molar refractivity (Wildman–Crippen MR) is 99.1 cm³/mol. The van der Waals surface area contributed by atoms with E-state index in [4.69, 9.17) is 0 Å². The van der Waals surface area contributed by atoms with Gasteiger partial charge in [-0.15, -0.1) is 0 Å². The van der Waals surface area contributed by atoms with E-state index in [-0.39, 0.29) is 28.5 Å². The van der Waals surface area contributed by atoms with E-state index in [0.29, 0.717) is 38.3 Å². The minimum atomic E-state index is -4.32. The predicted octanol–water partition coefficient (Wildman–Crippen LogP) is 2.54. The monoisotopic (exact) mass is 401 g/mol. The molecule has 1 aliphatic heterocycles. The van der Waals surface area contributed by atoms with Crippen molar-refractivity contribution in [1.82, 2.24) is 14.7 Å². The Bertz CT molecular complexity index is 682. The maximum Gasteiger partial charge on any atom is 0.446 e. The second-order valence-corrected chi connectivity index (χ2v) is 7.53. The van der Waals surface area contributed by atoms with Gasteiger partial charge in [-0.05, 0) is 49.6 Å². The first kappa shape index (κ1) is 21.3. The molecule has 1 aliphatic rings. The fourth-order valence-electron chi connectivity index (χ4n) is 2.60. The molecular weight excluding hydrogens is 379 g/mol. The lowest BCUT2D eigenvalue weighted by molar-refractivity contribution is -0.137. The molecular formula is C18H22F3N3O2S. The number of carbonyl (C=O) groups excluding carboxylic acids is 2. The number of hydrogen-bond donors (Lipinski definition) is 0. The van der Waals surface area contributed by atoms with Crippen LogP contribution in [0.25, 0.3) is 6.08 Å². The first-order chi connectivity index (χ1) is 12.6. The fraction of sp³-hybridized carbons (Fsp3) is 0.444. The van der Waals surface area contributed by atoms with Gasteiger partial charge in [-0.2, -0.15) is 13.2 Å². The summed E-state index contributed by atoms with van der Waals surface area (Å²) in [6.07, 6.45) is 2.98. The number of hydrogen-bond acceptors (Lipinski definition) is 4. The Morgan fingerprint density at radius 2 is 1.63 bits per heavy atom. The number of rotatable bonds is 5. The number of halogens is 3. The number of nitrogens with zero attached hydrogens (tertiary/aromatic N) is 3. The molecule has 0 spiro atoms. The van der Waals surface area contributed by atoms with E-state index < -0.39 is 5.51 Å². The third kappa shape index (κ3) is 7.26. The van der Waals surface area contributed by atoms with Crippen molar-refractivity contribution < 1.29 is 22.8 Å². The van der Waals surface area contributed by atoms with E-state index in [0.717, 1.165) is 0 Å². The van der Waals surface area contributed by atoms with Gasteiger partial charge in [0.25, 0.3) is 0 Å². The van der Waals surface area contributed by atoms with E-state index in [2.05, 4.69) is 0 Å². The highest BCUT2D eigenvalue weighted by Crippen LogP contribution is 2.36. The molecule has 2 amide bonds. The van der Waals surface area contributed by atoms with Gasteiger partial charge in [0.1, 0.15) is 0 Å². The molecule has 9 heteroatoms. The zero-order chi connectivity index (χ0) is 20.0. The smallest absolute Gasteiger partial charge is 0.338 e. The zero-order valence-corrected chi connectivity index (χ0v) is 16.0. The van der Waals surface area contributed by atoms with E-state index >= 15 is 0 Å². The van der Waals surface area contributed by atoms with Crippen molar-refractivity contribution in [2.75, 3.05) is 46.8 Å². The van der Waals surface area contributed by atoms with Gasteiger partial charge < -0.3 is 14.7 Å². The maximum absolute atomic E-state index is 12.3. The minimum absolute atomic E-state index is 0.0412. The molecule has 148 valence electrons. The number of alkyl halides is 3. The topological polar surface area (TPSA) is 43.9 Å². The van der Waals surface area contributed by atoms with Gasteiger partial charge in [0.15, 0.2) is 0 Å². The molecule has 0 N–H and O–H groups in total. The number of benzene rings is 1. The molecule has 0 bridgehead atoms. The van der Waals surface area contributed by atoms with Gasteiger partial charge in [0.05, 0.1) is 6.54 Å². The largest absolute Gasteiger partial charge is 0.446 e. The van der Waals surface area contributed by atoms with Gasteiger partial charge >= 0.3 is 5.51 Å². The van der Waals surface area contributed by atoms with Gasteiger partial charge in [-0.3, -0.25) is 9.59 Å². The Morgan fingerprint density at radius 1 is 1.07 bits per heavy atom. The molecule has 27 heavy (non-hydrogen) atoms. The van der Waals surface area contributed by atoms with Gasteiger partial charge in [0, 0.05) is 37.2 Å². The normalized spacial score (nSPS) is 15.6. The second-order valence-electron chi connectivity index (χ2n) is 6.39. The van der Waals surface area contributed by atoms with E-state index in [1.165, 1.54) is 30.3 Å². The molecule has 0 unspecified atom stereocenters. The standard InChI is InChI=1S/C18H22F3N3O2S/c1-22(2)13-17(26)24-11-9-23(10-12-24)16(25)8-5-14-3-6-15(7-4-14)27-18(19,20)21/h3-8H,9-13H2,1-2H3/b8-5+. The number of likely N-dealkylation sites (N-methyl/N-ethyl adjacent to an activating group) is 1. The van der Waals surface area contributed by atoms with Crippen molar-refractivity contribution >= 4 is 29.7 Å². The van der Waals surface area contributed by atoms with Gasteiger partial charge in [0.2, 0.25) is 11.8 Å². The zero-order valence-electron chi connectivity index (χ0n) is 15.2. The van der Waals surface area contributed by atoms with Crippen LogP contribution in [-0.2, 0) is 9.59 Å². The molecule has 0 atom stereocenters. The summed E-state index contributed by atoms with van der Waals surface area (Å²) in [6.45, 7) is 2.26. The number of thioether (sulfide) groups is 1. The fourth-order valence-corrected chi connectivity index (χ4v) is 3.14. The molecule has 0 radical (unpaired) electrons. The molecule has 1 heterocycles. The molecule has 2 rings (SSSR count). The van der Waals surface area contributed by atoms with Crippen LogP contribution in [-0.4, -0.2) is 78.8 Å². The Labute approximate surface area is 160 Å². The van der Waals surface area contributed by atoms with Crippen LogP contribution < -0.4 is 0 Å². The summed E-state index contributed by atoms with van der Waals surface area (Å²) < 4.78 is 36.9. The summed E-state index contributed by atoms with van der Waals surface area (Å²) in [4.78, 5) is 29.6. The molecule has 0 saturated carbocycles. The molecule has 1 fully saturated rings. The molecule has 5 nitrogen and oxygen atoms in total. The van der Waals surface area contributed by atoms with Crippen LogP contribution in [0.3, 0.4) is 0 Å². The third-order valence-corrected chi connectivity index (χ3v) is 4.67. The van der Waals surface area contributed by atoms with E-state index in [1.807, 2.05) is 14.1 Å². The highest BCUT2D eigenvalue weighted by Gasteiger charge is 2.29.